The van der Waals surface area contributed by atoms with Crippen LogP contribution < -0.4 is 0 Å². The number of rotatable bonds is 0. The molecule has 8 N–H and O–H groups in total. The summed E-state index contributed by atoms with van der Waals surface area (Å²) in [7, 11) is 0. The van der Waals surface area contributed by atoms with Crippen LogP contribution in [0.1, 0.15) is 5.71 Å². The maximum atomic E-state index is 0. The zero-order valence-corrected chi connectivity index (χ0v) is 17.4. The van der Waals surface area contributed by atoms with Crippen molar-refractivity contribution in [2.24, 2.45) is 0 Å². The second-order valence-electron chi connectivity index (χ2n) is 0. The molecule has 0 heterocycles. The second-order valence-corrected chi connectivity index (χ2v) is 0. The summed E-state index contributed by atoms with van der Waals surface area (Å²) < 4.78 is 0. The summed E-state index contributed by atoms with van der Waals surface area (Å²) >= 11 is 0. The zero-order valence-electron chi connectivity index (χ0n) is 8.62. The topological polar surface area (TPSA) is 126 Å². The largest absolute Gasteiger partial charge is 2.00 e. The van der Waals surface area contributed by atoms with Gasteiger partial charge in [-0.2, -0.15) is 0 Å². The van der Waals surface area contributed by atoms with Gasteiger partial charge in [-0.3, -0.25) is 0 Å². The first-order valence-corrected chi connectivity index (χ1v) is 0. The summed E-state index contributed by atoms with van der Waals surface area (Å²) in [4.78, 5) is 0. The van der Waals surface area contributed by atoms with Crippen LogP contribution in [0.25, 0.3) is 0 Å². The third kappa shape index (κ3) is 48.8. The minimum Gasteiger partial charge on any atom is 0 e. The van der Waals surface area contributed by atoms with Gasteiger partial charge in [0, 0.05) is 21.7 Å². The predicted octanol–water partition coefficient (Wildman–Crippen LogP) is -4.53. The Balaban J connectivity index is 0. The molecule has 4 nitrogen and oxygen atoms in total. The fourth-order valence-corrected chi connectivity index (χ4v) is 0. The molecule has 0 amide bonds. The average Bonchev–Trinajstić information content (AvgIpc) is 0. The Bertz CT molecular complexity index is 27.0. The van der Waals surface area contributed by atoms with E-state index in [4.69, 9.17) is 0 Å². The summed E-state index contributed by atoms with van der Waals surface area (Å²) in [5, 5.41) is 0. The average molecular weight is 461 g/mol. The van der Waals surface area contributed by atoms with E-state index >= 15 is 0 Å². The summed E-state index contributed by atoms with van der Waals surface area (Å²) in [6.45, 7) is 0. The fraction of sp³-hybridized carbons (Fsp3) is 0. The minimum absolute atomic E-state index is 0. The Labute approximate surface area is 156 Å². The summed E-state index contributed by atoms with van der Waals surface area (Å²) in [5.41, 5.74) is 0. The Kier molecular flexibility index (Phi) is 712. The quantitative estimate of drug-likeness (QED) is 0.323. The number of hydrogen-bond donors (Lipinski definition) is 0. The normalized spacial score (nSPS) is 0. The van der Waals surface area contributed by atoms with Crippen molar-refractivity contribution in [2.45, 2.75) is 0 Å². The standard InChI is InChI=1S/Ca.4H2O.Pb.Sr.Ti.6H/h;4*1H2;;;;;;;;;/q+2;;;;;;+2;;;;4*-1. The first-order chi connectivity index (χ1) is 0. The van der Waals surface area contributed by atoms with Crippen LogP contribution in [0.2, 0.25) is 0 Å². The molecule has 0 aliphatic heterocycles. The van der Waals surface area contributed by atoms with Gasteiger partial charge in [0.05, 0.1) is 0 Å². The van der Waals surface area contributed by atoms with Gasteiger partial charge in [0.1, 0.15) is 0 Å². The fourth-order valence-electron chi connectivity index (χ4n) is 0. The minimum atomic E-state index is 0. The molecule has 0 unspecified atom stereocenters. The van der Waals surface area contributed by atoms with Gasteiger partial charge >= 0.3 is 111 Å². The van der Waals surface area contributed by atoms with Crippen molar-refractivity contribution in [1.82, 2.24) is 0 Å². The monoisotopic (exact) mass is 462 g/mol. The molecule has 0 aliphatic carbocycles. The van der Waals surface area contributed by atoms with Crippen molar-refractivity contribution in [2.75, 3.05) is 0 Å². The van der Waals surface area contributed by atoms with E-state index in [1.54, 1.807) is 0 Å². The van der Waals surface area contributed by atoms with Gasteiger partial charge in [0.2, 0.25) is 0 Å². The van der Waals surface area contributed by atoms with Crippen LogP contribution in [-0.4, -0.2) is 132 Å². The molecule has 0 spiro atoms. The molecule has 0 atom stereocenters. The molecule has 0 aromatic heterocycles. The Hall–Kier alpha value is 4.22. The molecule has 0 aromatic rings. The second kappa shape index (κ2) is 65.8. The SMILES string of the molecule is O.O.O.O.[Ca+2].[H-].[H-].[H-].[H-].[PbH2].[Sr+2].[Ti]. The molecule has 0 aromatic carbocycles. The first kappa shape index (κ1) is 86.4. The molecule has 0 bridgehead atoms. The molecule has 0 saturated carbocycles. The van der Waals surface area contributed by atoms with Crippen LogP contribution in [0.4, 0.5) is 0 Å². The van der Waals surface area contributed by atoms with Crippen molar-refractivity contribution in [3.63, 3.8) is 0 Å². The van der Waals surface area contributed by atoms with Crippen LogP contribution in [0, 0.1) is 0 Å². The van der Waals surface area contributed by atoms with Crippen molar-refractivity contribution >= 4 is 111 Å². The molecule has 0 rings (SSSR count). The van der Waals surface area contributed by atoms with Gasteiger partial charge in [-0.25, -0.2) is 0 Å². The smallest absolute Gasteiger partial charge is 0 e. The van der Waals surface area contributed by atoms with Gasteiger partial charge in [0.25, 0.3) is 0 Å². The van der Waals surface area contributed by atoms with E-state index in [0.717, 1.165) is 0 Å². The molecular formula is H14CaO4PbSrTi. The van der Waals surface area contributed by atoms with E-state index < -0.39 is 0 Å². The van der Waals surface area contributed by atoms with Gasteiger partial charge in [-0.05, 0) is 0 Å². The van der Waals surface area contributed by atoms with Crippen LogP contribution in [0.15, 0.2) is 0 Å². The van der Waals surface area contributed by atoms with Crippen molar-refractivity contribution < 1.29 is 49.3 Å². The van der Waals surface area contributed by atoms with Crippen LogP contribution >= 0.6 is 0 Å². The Morgan fingerprint density at radius 2 is 0.750 bits per heavy atom. The van der Waals surface area contributed by atoms with Gasteiger partial charge in [-0.15, -0.1) is 0 Å². The summed E-state index contributed by atoms with van der Waals surface area (Å²) in [6.07, 6.45) is 0. The third-order valence-corrected chi connectivity index (χ3v) is 0. The molecule has 50 valence electrons. The molecule has 0 saturated heterocycles. The molecule has 8 heteroatoms. The van der Waals surface area contributed by atoms with Gasteiger partial charge in [0.15, 0.2) is 0 Å². The zero-order chi connectivity index (χ0) is 0. The van der Waals surface area contributed by atoms with Crippen molar-refractivity contribution in [3.8, 4) is 0 Å². The molecular weight excluding hydrogens is 447 g/mol. The summed E-state index contributed by atoms with van der Waals surface area (Å²) in [5.74, 6) is 0. The van der Waals surface area contributed by atoms with E-state index in [1.165, 1.54) is 0 Å². The van der Waals surface area contributed by atoms with E-state index in [2.05, 4.69) is 0 Å². The van der Waals surface area contributed by atoms with Crippen LogP contribution in [0.5, 0.6) is 0 Å². The first-order valence-electron chi connectivity index (χ1n) is 0. The van der Waals surface area contributed by atoms with Crippen LogP contribution in [-0.2, 0) is 21.7 Å². The maximum absolute atomic E-state index is 0. The molecule has 2 radical (unpaired) electrons. The van der Waals surface area contributed by atoms with Gasteiger partial charge in [-0.1, -0.05) is 0 Å². The molecule has 0 fully saturated rings. The van der Waals surface area contributed by atoms with Crippen LogP contribution in [0.3, 0.4) is 0 Å². The van der Waals surface area contributed by atoms with E-state index in [9.17, 15) is 0 Å². The Morgan fingerprint density at radius 1 is 0.750 bits per heavy atom. The Morgan fingerprint density at radius 3 is 0.750 bits per heavy atom. The molecule has 0 aliphatic rings. The maximum Gasteiger partial charge on any atom is 2.00 e. The van der Waals surface area contributed by atoms with E-state index in [0.29, 0.717) is 0 Å². The number of hydrogen-bond acceptors (Lipinski definition) is 0. The molecule has 8 heavy (non-hydrogen) atoms. The van der Waals surface area contributed by atoms with Gasteiger partial charge < -0.3 is 27.6 Å². The van der Waals surface area contributed by atoms with E-state index in [-0.39, 0.29) is 160 Å². The predicted molar refractivity (Wildman–Crippen MR) is 39.0 cm³/mol. The van der Waals surface area contributed by atoms with Crippen molar-refractivity contribution in [3.05, 3.63) is 0 Å². The third-order valence-electron chi connectivity index (χ3n) is 0. The summed E-state index contributed by atoms with van der Waals surface area (Å²) in [6, 6.07) is 0. The van der Waals surface area contributed by atoms with E-state index in [1.807, 2.05) is 0 Å². The van der Waals surface area contributed by atoms with Crippen molar-refractivity contribution in [1.29, 1.82) is 0 Å².